The van der Waals surface area contributed by atoms with Gasteiger partial charge in [-0.1, -0.05) is 0 Å². The Morgan fingerprint density at radius 2 is 1.88 bits per heavy atom. The average Bonchev–Trinajstić information content (AvgIpc) is 2.98. The van der Waals surface area contributed by atoms with Gasteiger partial charge in [0.25, 0.3) is 0 Å². The molecule has 0 amide bonds. The van der Waals surface area contributed by atoms with Crippen LogP contribution in [0.1, 0.15) is 37.4 Å². The Hall–Kier alpha value is -1.08. The van der Waals surface area contributed by atoms with Crippen molar-refractivity contribution in [2.75, 3.05) is 39.8 Å². The highest BCUT2D eigenvalue weighted by Gasteiger charge is 2.42. The number of ether oxygens (including phenoxy) is 1. The normalized spacial score (nSPS) is 33.0. The molecule has 2 N–H and O–H groups in total. The second-order valence-electron chi connectivity index (χ2n) is 8.50. The molecule has 0 bridgehead atoms. The number of piperidine rings is 1. The van der Waals surface area contributed by atoms with Crippen molar-refractivity contribution in [2.24, 2.45) is 11.1 Å². The lowest BCUT2D eigenvalue weighted by molar-refractivity contribution is -0.0628. The minimum absolute atomic E-state index is 0.238. The van der Waals surface area contributed by atoms with Crippen LogP contribution < -0.4 is 5.73 Å². The predicted octanol–water partition coefficient (Wildman–Crippen LogP) is 2.54. The summed E-state index contributed by atoms with van der Waals surface area (Å²) >= 11 is 0. The molecule has 0 saturated carbocycles. The fraction of sp³-hybridized carbons (Fsp3) is 0.700. The largest absolute Gasteiger partial charge is 0.370 e. The highest BCUT2D eigenvalue weighted by atomic mass is 19.1. The van der Waals surface area contributed by atoms with Gasteiger partial charge in [-0.05, 0) is 76.0 Å². The van der Waals surface area contributed by atoms with Gasteiger partial charge in [-0.25, -0.2) is 8.78 Å². The van der Waals surface area contributed by atoms with Crippen molar-refractivity contribution < 1.29 is 13.5 Å². The molecule has 3 atom stereocenters. The van der Waals surface area contributed by atoms with Crippen LogP contribution in [0.4, 0.5) is 8.78 Å². The van der Waals surface area contributed by atoms with E-state index in [0.717, 1.165) is 31.6 Å². The number of rotatable bonds is 2. The first kappa shape index (κ1) is 18.3. The maximum atomic E-state index is 14.1. The Morgan fingerprint density at radius 1 is 1.15 bits per heavy atom. The zero-order valence-electron chi connectivity index (χ0n) is 15.5. The Kier molecular flexibility index (Phi) is 5.03. The molecule has 3 saturated heterocycles. The summed E-state index contributed by atoms with van der Waals surface area (Å²) in [4.78, 5) is 4.93. The second kappa shape index (κ2) is 7.15. The minimum atomic E-state index is -0.568. The predicted molar refractivity (Wildman–Crippen MR) is 96.8 cm³/mol. The molecular weight excluding hydrogens is 336 g/mol. The number of likely N-dealkylation sites (tertiary alicyclic amines) is 2. The van der Waals surface area contributed by atoms with Crippen LogP contribution in [0, 0.1) is 17.0 Å². The van der Waals surface area contributed by atoms with E-state index >= 15 is 0 Å². The molecule has 26 heavy (non-hydrogen) atoms. The summed E-state index contributed by atoms with van der Waals surface area (Å²) in [5, 5.41) is 0. The molecule has 0 unspecified atom stereocenters. The molecule has 6 heteroatoms. The molecule has 3 aliphatic heterocycles. The van der Waals surface area contributed by atoms with Gasteiger partial charge >= 0.3 is 0 Å². The van der Waals surface area contributed by atoms with E-state index in [4.69, 9.17) is 10.5 Å². The van der Waals surface area contributed by atoms with E-state index in [1.54, 1.807) is 0 Å². The lowest BCUT2D eigenvalue weighted by Crippen LogP contribution is -2.53. The first-order valence-electron chi connectivity index (χ1n) is 9.70. The Morgan fingerprint density at radius 3 is 2.54 bits per heavy atom. The third-order valence-electron chi connectivity index (χ3n) is 6.67. The summed E-state index contributed by atoms with van der Waals surface area (Å²) in [5.74, 6) is -0.905. The van der Waals surface area contributed by atoms with Gasteiger partial charge in [0.05, 0.1) is 6.61 Å². The number of nitrogens with zero attached hydrogens (tertiary/aromatic N) is 2. The quantitative estimate of drug-likeness (QED) is 0.875. The van der Waals surface area contributed by atoms with Crippen LogP contribution in [0.25, 0.3) is 0 Å². The van der Waals surface area contributed by atoms with Crippen molar-refractivity contribution in [2.45, 2.75) is 43.9 Å². The van der Waals surface area contributed by atoms with Crippen molar-refractivity contribution in [3.05, 3.63) is 35.4 Å². The first-order valence-corrected chi connectivity index (χ1v) is 9.70. The number of hydrogen-bond donors (Lipinski definition) is 1. The molecule has 3 aliphatic rings. The third-order valence-corrected chi connectivity index (χ3v) is 6.67. The molecule has 0 aromatic heterocycles. The van der Waals surface area contributed by atoms with Crippen molar-refractivity contribution >= 4 is 0 Å². The van der Waals surface area contributed by atoms with E-state index in [9.17, 15) is 8.78 Å². The highest BCUT2D eigenvalue weighted by molar-refractivity contribution is 5.23. The lowest BCUT2D eigenvalue weighted by Gasteiger charge is -2.45. The Balaban J connectivity index is 1.36. The monoisotopic (exact) mass is 365 g/mol. The van der Waals surface area contributed by atoms with Crippen LogP contribution in [0.5, 0.6) is 0 Å². The second-order valence-corrected chi connectivity index (χ2v) is 8.50. The zero-order valence-corrected chi connectivity index (χ0v) is 15.5. The molecule has 3 fully saturated rings. The van der Waals surface area contributed by atoms with Gasteiger partial charge in [0, 0.05) is 24.2 Å². The maximum absolute atomic E-state index is 14.1. The van der Waals surface area contributed by atoms with Crippen LogP contribution in [0.15, 0.2) is 18.2 Å². The molecule has 1 aromatic rings. The fourth-order valence-corrected chi connectivity index (χ4v) is 5.08. The SMILES string of the molecule is CN1CCC2(CCN([C@H]3CO[C@H](c4cc(F)ccc4F)[C@@H](N)C3)CC2)C1. The van der Waals surface area contributed by atoms with Crippen LogP contribution in [-0.2, 0) is 4.74 Å². The van der Waals surface area contributed by atoms with E-state index in [-0.39, 0.29) is 17.6 Å². The van der Waals surface area contributed by atoms with E-state index in [0.29, 0.717) is 12.0 Å². The highest BCUT2D eigenvalue weighted by Crippen LogP contribution is 2.41. The van der Waals surface area contributed by atoms with Gasteiger partial charge in [-0.3, -0.25) is 4.90 Å². The van der Waals surface area contributed by atoms with Gasteiger partial charge in [0.1, 0.15) is 17.7 Å². The summed E-state index contributed by atoms with van der Waals surface area (Å²) in [6.07, 6.45) is 3.95. The molecule has 144 valence electrons. The smallest absolute Gasteiger partial charge is 0.129 e. The molecule has 4 rings (SSSR count). The van der Waals surface area contributed by atoms with Crippen molar-refractivity contribution in [1.82, 2.24) is 9.80 Å². The number of halogens is 2. The minimum Gasteiger partial charge on any atom is -0.370 e. The maximum Gasteiger partial charge on any atom is 0.129 e. The standard InChI is InChI=1S/C20H29F2N3O/c1-24-7-4-20(13-24)5-8-25(9-6-20)15-11-18(23)19(26-12-15)16-10-14(21)2-3-17(16)22/h2-3,10,15,18-19H,4-9,11-13,23H2,1H3/t15-,18+,19-/m1/s1. The van der Waals surface area contributed by atoms with E-state index in [2.05, 4.69) is 16.8 Å². The van der Waals surface area contributed by atoms with Crippen LogP contribution >= 0.6 is 0 Å². The van der Waals surface area contributed by atoms with E-state index < -0.39 is 17.7 Å². The summed E-state index contributed by atoms with van der Waals surface area (Å²) < 4.78 is 33.5. The fourth-order valence-electron chi connectivity index (χ4n) is 5.08. The molecule has 1 aromatic carbocycles. The van der Waals surface area contributed by atoms with Crippen molar-refractivity contribution in [3.63, 3.8) is 0 Å². The molecule has 0 aliphatic carbocycles. The number of hydrogen-bond acceptors (Lipinski definition) is 4. The molecule has 3 heterocycles. The number of benzene rings is 1. The van der Waals surface area contributed by atoms with Crippen LogP contribution in [-0.4, -0.2) is 61.7 Å². The summed E-state index contributed by atoms with van der Waals surface area (Å²) in [6.45, 7) is 5.10. The van der Waals surface area contributed by atoms with Crippen LogP contribution in [0.2, 0.25) is 0 Å². The van der Waals surface area contributed by atoms with E-state index in [1.165, 1.54) is 38.4 Å². The van der Waals surface area contributed by atoms with Gasteiger partial charge in [-0.15, -0.1) is 0 Å². The van der Waals surface area contributed by atoms with Crippen molar-refractivity contribution in [1.29, 1.82) is 0 Å². The van der Waals surface area contributed by atoms with Gasteiger partial charge < -0.3 is 15.4 Å². The molecule has 0 radical (unpaired) electrons. The topological polar surface area (TPSA) is 41.7 Å². The van der Waals surface area contributed by atoms with Gasteiger partial charge in [-0.2, -0.15) is 0 Å². The Bertz CT molecular complexity index is 648. The zero-order chi connectivity index (χ0) is 18.3. The third kappa shape index (κ3) is 3.52. The first-order chi connectivity index (χ1) is 12.5. The molecule has 4 nitrogen and oxygen atoms in total. The summed E-state index contributed by atoms with van der Waals surface area (Å²) in [7, 11) is 2.21. The summed E-state index contributed by atoms with van der Waals surface area (Å²) in [6, 6.07) is 3.43. The lowest BCUT2D eigenvalue weighted by atomic mass is 9.77. The van der Waals surface area contributed by atoms with Crippen molar-refractivity contribution in [3.8, 4) is 0 Å². The molecular formula is C20H29F2N3O. The summed E-state index contributed by atoms with van der Waals surface area (Å²) in [5.41, 5.74) is 7.05. The molecule has 1 spiro atoms. The average molecular weight is 365 g/mol. The van der Waals surface area contributed by atoms with E-state index in [1.807, 2.05) is 0 Å². The van der Waals surface area contributed by atoms with Gasteiger partial charge in [0.2, 0.25) is 0 Å². The van der Waals surface area contributed by atoms with Gasteiger partial charge in [0.15, 0.2) is 0 Å². The Labute approximate surface area is 154 Å². The van der Waals surface area contributed by atoms with Crippen LogP contribution in [0.3, 0.4) is 0 Å². The number of nitrogens with two attached hydrogens (primary N) is 1.